The van der Waals surface area contributed by atoms with E-state index in [2.05, 4.69) is 36.2 Å². The molecule has 0 bridgehead atoms. The standard InChI is InChI=1S/C22H16ClF4N7O/c23-16-6-7-18(28-12-16)21(11-13-4-2-1-3-5-13,30-20(35)29-19-31-33-34-32-19)14-8-15(22(25,26)27)10-17(24)9-14/h1-10,12H,11H2,(H3,29,30,31,32,33,34,35)/t21-/m1/s1. The molecular weight excluding hydrogens is 490 g/mol. The van der Waals surface area contributed by atoms with Gasteiger partial charge in [0.05, 0.1) is 16.3 Å². The lowest BCUT2D eigenvalue weighted by Gasteiger charge is -2.35. The number of benzene rings is 2. The normalized spacial score (nSPS) is 13.2. The predicted octanol–water partition coefficient (Wildman–Crippen LogP) is 4.71. The Morgan fingerprint density at radius 2 is 1.77 bits per heavy atom. The van der Waals surface area contributed by atoms with Crippen LogP contribution >= 0.6 is 11.6 Å². The third kappa shape index (κ3) is 5.54. The molecule has 0 aliphatic carbocycles. The number of tetrazole rings is 1. The highest BCUT2D eigenvalue weighted by atomic mass is 35.5. The molecule has 0 fully saturated rings. The van der Waals surface area contributed by atoms with Crippen LogP contribution in [0.4, 0.5) is 28.3 Å². The van der Waals surface area contributed by atoms with Gasteiger partial charge in [-0.1, -0.05) is 47.0 Å². The fraction of sp³-hybridized carbons (Fsp3) is 0.136. The average Bonchev–Trinajstić information content (AvgIpc) is 3.31. The Kier molecular flexibility index (Phi) is 6.65. The first-order valence-corrected chi connectivity index (χ1v) is 10.4. The number of rotatable bonds is 6. The molecule has 3 N–H and O–H groups in total. The highest BCUT2D eigenvalue weighted by Gasteiger charge is 2.41. The van der Waals surface area contributed by atoms with Gasteiger partial charge >= 0.3 is 12.2 Å². The SMILES string of the molecule is O=C(Nc1nn[nH]n1)N[C@](Cc1ccccc1)(c1cc(F)cc(C(F)(F)F)c1)c1ccc(Cl)cn1. The minimum Gasteiger partial charge on any atom is -0.322 e. The van der Waals surface area contributed by atoms with Gasteiger partial charge in [-0.05, 0) is 46.7 Å². The topological polar surface area (TPSA) is 108 Å². The second-order valence-corrected chi connectivity index (χ2v) is 7.91. The molecule has 0 aliphatic rings. The van der Waals surface area contributed by atoms with Crippen LogP contribution in [0.1, 0.15) is 22.4 Å². The maximum atomic E-state index is 14.5. The van der Waals surface area contributed by atoms with Crippen molar-refractivity contribution in [1.82, 2.24) is 30.9 Å². The van der Waals surface area contributed by atoms with E-state index in [9.17, 15) is 22.4 Å². The van der Waals surface area contributed by atoms with E-state index in [1.165, 1.54) is 18.3 Å². The summed E-state index contributed by atoms with van der Waals surface area (Å²) in [6, 6.07) is 12.7. The molecule has 0 saturated heterocycles. The highest BCUT2D eigenvalue weighted by molar-refractivity contribution is 6.30. The first-order valence-electron chi connectivity index (χ1n) is 10.0. The van der Waals surface area contributed by atoms with Crippen molar-refractivity contribution in [1.29, 1.82) is 0 Å². The molecular formula is C22H16ClF4N7O. The number of alkyl halides is 3. The molecule has 180 valence electrons. The first-order chi connectivity index (χ1) is 16.7. The van der Waals surface area contributed by atoms with Crippen molar-refractivity contribution >= 4 is 23.6 Å². The third-order valence-electron chi connectivity index (χ3n) is 5.09. The van der Waals surface area contributed by atoms with E-state index in [0.717, 1.165) is 12.1 Å². The maximum absolute atomic E-state index is 14.5. The van der Waals surface area contributed by atoms with Crippen LogP contribution in [0.25, 0.3) is 0 Å². The van der Waals surface area contributed by atoms with E-state index in [0.29, 0.717) is 11.6 Å². The molecule has 4 rings (SSSR count). The van der Waals surface area contributed by atoms with Crippen LogP contribution in [-0.2, 0) is 18.1 Å². The molecule has 4 aromatic rings. The molecule has 2 amide bonds. The largest absolute Gasteiger partial charge is 0.416 e. The number of hydrogen-bond donors (Lipinski definition) is 3. The number of aromatic amines is 1. The van der Waals surface area contributed by atoms with Crippen LogP contribution in [0.2, 0.25) is 5.02 Å². The predicted molar refractivity (Wildman–Crippen MR) is 118 cm³/mol. The molecule has 2 aromatic carbocycles. The Morgan fingerprint density at radius 1 is 1.03 bits per heavy atom. The summed E-state index contributed by atoms with van der Waals surface area (Å²) in [5, 5.41) is 18.0. The second kappa shape index (κ2) is 9.66. The van der Waals surface area contributed by atoms with E-state index in [1.54, 1.807) is 30.3 Å². The lowest BCUT2D eigenvalue weighted by Crippen LogP contribution is -2.51. The maximum Gasteiger partial charge on any atom is 0.416 e. The quantitative estimate of drug-likeness (QED) is 0.329. The van der Waals surface area contributed by atoms with E-state index in [4.69, 9.17) is 11.6 Å². The van der Waals surface area contributed by atoms with Crippen LogP contribution in [0.5, 0.6) is 0 Å². The van der Waals surface area contributed by atoms with E-state index < -0.39 is 29.1 Å². The van der Waals surface area contributed by atoms with E-state index in [1.807, 2.05) is 0 Å². The summed E-state index contributed by atoms with van der Waals surface area (Å²) in [6.45, 7) is 0. The Bertz CT molecular complexity index is 1300. The number of H-pyrrole nitrogens is 1. The van der Waals surface area contributed by atoms with Crippen LogP contribution in [0.15, 0.2) is 66.9 Å². The lowest BCUT2D eigenvalue weighted by atomic mass is 9.80. The second-order valence-electron chi connectivity index (χ2n) is 7.47. The number of carbonyl (C=O) groups is 1. The number of nitrogens with one attached hydrogen (secondary N) is 3. The van der Waals surface area contributed by atoms with Gasteiger partial charge in [0.15, 0.2) is 0 Å². The van der Waals surface area contributed by atoms with Gasteiger partial charge < -0.3 is 5.32 Å². The minimum absolute atomic E-state index is 0.0805. The zero-order chi connectivity index (χ0) is 25.1. The summed E-state index contributed by atoms with van der Waals surface area (Å²) >= 11 is 5.98. The molecule has 0 unspecified atom stereocenters. The van der Waals surface area contributed by atoms with Gasteiger partial charge in [-0.15, -0.1) is 5.10 Å². The van der Waals surface area contributed by atoms with Gasteiger partial charge in [-0.25, -0.2) is 9.18 Å². The molecule has 0 radical (unpaired) electrons. The third-order valence-corrected chi connectivity index (χ3v) is 5.32. The average molecular weight is 506 g/mol. The van der Waals surface area contributed by atoms with Gasteiger partial charge in [-0.3, -0.25) is 10.3 Å². The molecule has 8 nitrogen and oxygen atoms in total. The number of nitrogens with zero attached hydrogens (tertiary/aromatic N) is 4. The molecule has 35 heavy (non-hydrogen) atoms. The first kappa shape index (κ1) is 24.1. The van der Waals surface area contributed by atoms with Crippen molar-refractivity contribution in [3.63, 3.8) is 0 Å². The smallest absolute Gasteiger partial charge is 0.322 e. The Hall–Kier alpha value is -4.06. The molecule has 1 atom stereocenters. The number of hydrogen-bond acceptors (Lipinski definition) is 5. The zero-order valence-electron chi connectivity index (χ0n) is 17.6. The summed E-state index contributed by atoms with van der Waals surface area (Å²) < 4.78 is 55.4. The number of carbonyl (C=O) groups excluding carboxylic acids is 1. The Balaban J connectivity index is 1.92. The van der Waals surface area contributed by atoms with Crippen LogP contribution in [-0.4, -0.2) is 31.6 Å². The van der Waals surface area contributed by atoms with Crippen molar-refractivity contribution in [3.8, 4) is 0 Å². The number of amides is 2. The molecule has 13 heteroatoms. The van der Waals surface area contributed by atoms with Crippen LogP contribution < -0.4 is 10.6 Å². The monoisotopic (exact) mass is 505 g/mol. The molecule has 0 spiro atoms. The van der Waals surface area contributed by atoms with E-state index in [-0.39, 0.29) is 28.6 Å². The number of aromatic nitrogens is 5. The molecule has 0 saturated carbocycles. The molecule has 0 aliphatic heterocycles. The van der Waals surface area contributed by atoms with Crippen molar-refractivity contribution in [2.45, 2.75) is 18.1 Å². The van der Waals surface area contributed by atoms with Gasteiger partial charge in [0, 0.05) is 12.6 Å². The van der Waals surface area contributed by atoms with Crippen LogP contribution in [0.3, 0.4) is 0 Å². The van der Waals surface area contributed by atoms with Gasteiger partial charge in [-0.2, -0.15) is 18.4 Å². The summed E-state index contributed by atoms with van der Waals surface area (Å²) in [5.41, 5.74) is -2.43. The van der Waals surface area contributed by atoms with Gasteiger partial charge in [0.1, 0.15) is 11.4 Å². The van der Waals surface area contributed by atoms with Crippen molar-refractivity contribution in [3.05, 3.63) is 100 Å². The minimum atomic E-state index is -4.84. The summed E-state index contributed by atoms with van der Waals surface area (Å²) in [7, 11) is 0. The molecule has 2 heterocycles. The van der Waals surface area contributed by atoms with Crippen LogP contribution in [0, 0.1) is 5.82 Å². The Labute approximate surface area is 200 Å². The summed E-state index contributed by atoms with van der Waals surface area (Å²) in [6.07, 6.45) is -3.64. The number of anilines is 1. The summed E-state index contributed by atoms with van der Waals surface area (Å²) in [4.78, 5) is 17.2. The fourth-order valence-electron chi connectivity index (χ4n) is 3.59. The van der Waals surface area contributed by atoms with Crippen molar-refractivity contribution < 1.29 is 22.4 Å². The summed E-state index contributed by atoms with van der Waals surface area (Å²) in [5.74, 6) is -1.32. The number of halogens is 5. The van der Waals surface area contributed by atoms with Crippen molar-refractivity contribution in [2.75, 3.05) is 5.32 Å². The Morgan fingerprint density at radius 3 is 2.40 bits per heavy atom. The highest BCUT2D eigenvalue weighted by Crippen LogP contribution is 2.38. The lowest BCUT2D eigenvalue weighted by molar-refractivity contribution is -0.137. The van der Waals surface area contributed by atoms with Crippen molar-refractivity contribution in [2.24, 2.45) is 0 Å². The van der Waals surface area contributed by atoms with Gasteiger partial charge in [0.25, 0.3) is 5.95 Å². The van der Waals surface area contributed by atoms with E-state index >= 15 is 0 Å². The van der Waals surface area contributed by atoms with Gasteiger partial charge in [0.2, 0.25) is 0 Å². The number of urea groups is 1. The number of pyridine rings is 1. The fourth-order valence-corrected chi connectivity index (χ4v) is 3.70. The zero-order valence-corrected chi connectivity index (χ0v) is 18.4. The molecule has 2 aromatic heterocycles.